The summed E-state index contributed by atoms with van der Waals surface area (Å²) in [6, 6.07) is 2.98. The lowest BCUT2D eigenvalue weighted by molar-refractivity contribution is -0.151. The zero-order valence-corrected chi connectivity index (χ0v) is 19.9. The lowest BCUT2D eigenvalue weighted by Crippen LogP contribution is -2.55. The summed E-state index contributed by atoms with van der Waals surface area (Å²) in [5.41, 5.74) is -1.22. The first-order chi connectivity index (χ1) is 15.8. The second kappa shape index (κ2) is 9.93. The van der Waals surface area contributed by atoms with Crippen LogP contribution in [0, 0.1) is 5.92 Å². The van der Waals surface area contributed by atoms with Crippen molar-refractivity contribution in [3.8, 4) is 0 Å². The Bertz CT molecular complexity index is 929. The van der Waals surface area contributed by atoms with Crippen LogP contribution in [0.3, 0.4) is 0 Å². The number of methoxy groups -OCH3 is 1. The van der Waals surface area contributed by atoms with Gasteiger partial charge in [-0.05, 0) is 64.7 Å². The van der Waals surface area contributed by atoms with Gasteiger partial charge in [0, 0.05) is 29.7 Å². The van der Waals surface area contributed by atoms with Crippen LogP contribution in [0.1, 0.15) is 62.4 Å². The van der Waals surface area contributed by atoms with Gasteiger partial charge < -0.3 is 20.3 Å². The SMILES string of the molecule is COC(=O)C1CC(NC(C)(C)C)CCC1N1CCC(NC(=O)c2cccc(C(F)(F)F)c2)C1=O. The molecule has 10 heteroatoms. The van der Waals surface area contributed by atoms with Gasteiger partial charge >= 0.3 is 12.1 Å². The number of esters is 1. The standard InChI is InChI=1S/C24H32F3N3O4/c1-23(2,3)29-16-8-9-19(17(13-16)22(33)34-4)30-11-10-18(21(30)32)28-20(31)14-6-5-7-15(12-14)24(25,26)27/h5-7,12,16-19,29H,8-11,13H2,1-4H3,(H,28,31). The summed E-state index contributed by atoms with van der Waals surface area (Å²) >= 11 is 0. The highest BCUT2D eigenvalue weighted by molar-refractivity contribution is 5.98. The Labute approximate surface area is 197 Å². The Hall–Kier alpha value is -2.62. The van der Waals surface area contributed by atoms with Crippen LogP contribution in [0.5, 0.6) is 0 Å². The second-order valence-electron chi connectivity index (χ2n) is 10.0. The van der Waals surface area contributed by atoms with Gasteiger partial charge in [0.1, 0.15) is 6.04 Å². The van der Waals surface area contributed by atoms with Crippen molar-refractivity contribution in [1.29, 1.82) is 0 Å². The Morgan fingerprint density at radius 2 is 1.82 bits per heavy atom. The molecule has 34 heavy (non-hydrogen) atoms. The fourth-order valence-electron chi connectivity index (χ4n) is 4.92. The van der Waals surface area contributed by atoms with Crippen LogP contribution >= 0.6 is 0 Å². The maximum Gasteiger partial charge on any atom is 0.416 e. The number of alkyl halides is 3. The Kier molecular flexibility index (Phi) is 7.59. The lowest BCUT2D eigenvalue weighted by atomic mass is 9.80. The third-order valence-corrected chi connectivity index (χ3v) is 6.35. The number of rotatable bonds is 5. The van der Waals surface area contributed by atoms with Crippen LogP contribution in [0.2, 0.25) is 0 Å². The number of benzene rings is 1. The number of hydrogen-bond acceptors (Lipinski definition) is 5. The van der Waals surface area contributed by atoms with Gasteiger partial charge in [0.05, 0.1) is 18.6 Å². The first-order valence-corrected chi connectivity index (χ1v) is 11.4. The van der Waals surface area contributed by atoms with Gasteiger partial charge in [0.15, 0.2) is 0 Å². The van der Waals surface area contributed by atoms with Crippen LogP contribution in [0.15, 0.2) is 24.3 Å². The number of halogens is 3. The summed E-state index contributed by atoms with van der Waals surface area (Å²) in [6.45, 7) is 6.50. The Morgan fingerprint density at radius 1 is 1.12 bits per heavy atom. The molecule has 1 aromatic carbocycles. The average molecular weight is 484 g/mol. The second-order valence-corrected chi connectivity index (χ2v) is 10.0. The van der Waals surface area contributed by atoms with Crippen molar-refractivity contribution in [2.75, 3.05) is 13.7 Å². The minimum atomic E-state index is -4.57. The van der Waals surface area contributed by atoms with Crippen molar-refractivity contribution in [3.63, 3.8) is 0 Å². The zero-order valence-electron chi connectivity index (χ0n) is 19.9. The largest absolute Gasteiger partial charge is 0.469 e. The lowest BCUT2D eigenvalue weighted by Gasteiger charge is -2.41. The number of carbonyl (C=O) groups excluding carboxylic acids is 3. The molecular weight excluding hydrogens is 451 g/mol. The fraction of sp³-hybridized carbons (Fsp3) is 0.625. The molecule has 1 saturated heterocycles. The van der Waals surface area contributed by atoms with E-state index in [1.54, 1.807) is 4.90 Å². The molecule has 2 amide bonds. The monoisotopic (exact) mass is 483 g/mol. The zero-order chi connectivity index (χ0) is 25.3. The topological polar surface area (TPSA) is 87.7 Å². The van der Waals surface area contributed by atoms with E-state index < -0.39 is 29.6 Å². The van der Waals surface area contributed by atoms with Gasteiger partial charge in [0.25, 0.3) is 5.91 Å². The third kappa shape index (κ3) is 6.08. The predicted octanol–water partition coefficient (Wildman–Crippen LogP) is 3.13. The van der Waals surface area contributed by atoms with Crippen molar-refractivity contribution < 1.29 is 32.3 Å². The molecule has 4 atom stereocenters. The van der Waals surface area contributed by atoms with Crippen LogP contribution in [-0.4, -0.2) is 60.0 Å². The van der Waals surface area contributed by atoms with Crippen molar-refractivity contribution in [1.82, 2.24) is 15.5 Å². The third-order valence-electron chi connectivity index (χ3n) is 6.35. The molecule has 3 rings (SSSR count). The van der Waals surface area contributed by atoms with Crippen LogP contribution < -0.4 is 10.6 Å². The maximum absolute atomic E-state index is 13.1. The molecule has 2 N–H and O–H groups in total. The molecule has 0 bridgehead atoms. The van der Waals surface area contributed by atoms with Gasteiger partial charge in [-0.3, -0.25) is 14.4 Å². The molecule has 1 aliphatic carbocycles. The fourth-order valence-corrected chi connectivity index (χ4v) is 4.92. The van der Waals surface area contributed by atoms with Gasteiger partial charge in [-0.1, -0.05) is 6.07 Å². The molecule has 2 aliphatic rings. The highest BCUT2D eigenvalue weighted by atomic mass is 19.4. The molecule has 2 fully saturated rings. The maximum atomic E-state index is 13.1. The van der Waals surface area contributed by atoms with Crippen LogP contribution in [0.4, 0.5) is 13.2 Å². The van der Waals surface area contributed by atoms with E-state index in [0.717, 1.165) is 24.6 Å². The summed E-state index contributed by atoms with van der Waals surface area (Å²) in [6.07, 6.45) is -2.34. The van der Waals surface area contributed by atoms with Crippen LogP contribution in [-0.2, 0) is 20.5 Å². The van der Waals surface area contributed by atoms with E-state index in [0.29, 0.717) is 25.8 Å². The Morgan fingerprint density at radius 3 is 2.44 bits per heavy atom. The van der Waals surface area contributed by atoms with E-state index in [-0.39, 0.29) is 35.1 Å². The van der Waals surface area contributed by atoms with Crippen molar-refractivity contribution in [3.05, 3.63) is 35.4 Å². The van der Waals surface area contributed by atoms with E-state index in [9.17, 15) is 27.6 Å². The van der Waals surface area contributed by atoms with Gasteiger partial charge in [-0.25, -0.2) is 0 Å². The first-order valence-electron chi connectivity index (χ1n) is 11.4. The van der Waals surface area contributed by atoms with Crippen molar-refractivity contribution in [2.45, 2.75) is 76.3 Å². The normalized spacial score (nSPS) is 25.9. The van der Waals surface area contributed by atoms with E-state index in [4.69, 9.17) is 4.74 Å². The molecule has 7 nitrogen and oxygen atoms in total. The van der Waals surface area contributed by atoms with E-state index in [2.05, 4.69) is 10.6 Å². The summed E-state index contributed by atoms with van der Waals surface area (Å²) in [5.74, 6) is -1.95. The molecule has 1 aromatic rings. The quantitative estimate of drug-likeness (QED) is 0.629. The van der Waals surface area contributed by atoms with Gasteiger partial charge in [0.2, 0.25) is 5.91 Å². The molecule has 4 unspecified atom stereocenters. The summed E-state index contributed by atoms with van der Waals surface area (Å²) in [4.78, 5) is 39.9. The summed E-state index contributed by atoms with van der Waals surface area (Å²) in [5, 5.41) is 6.07. The van der Waals surface area contributed by atoms with Crippen molar-refractivity contribution in [2.24, 2.45) is 5.92 Å². The predicted molar refractivity (Wildman–Crippen MR) is 119 cm³/mol. The average Bonchev–Trinajstić information content (AvgIpc) is 3.11. The molecule has 0 spiro atoms. The smallest absolute Gasteiger partial charge is 0.416 e. The summed E-state index contributed by atoms with van der Waals surface area (Å²) < 4.78 is 43.9. The van der Waals surface area contributed by atoms with E-state index in [1.165, 1.54) is 13.2 Å². The minimum absolute atomic E-state index is 0.106. The highest BCUT2D eigenvalue weighted by Crippen LogP contribution is 2.33. The van der Waals surface area contributed by atoms with Gasteiger partial charge in [-0.15, -0.1) is 0 Å². The highest BCUT2D eigenvalue weighted by Gasteiger charge is 2.45. The van der Waals surface area contributed by atoms with E-state index >= 15 is 0 Å². The Balaban J connectivity index is 1.69. The molecule has 1 saturated carbocycles. The molecule has 0 radical (unpaired) electrons. The molecule has 188 valence electrons. The molecule has 1 aliphatic heterocycles. The first kappa shape index (κ1) is 26.0. The number of hydrogen-bond donors (Lipinski definition) is 2. The van der Waals surface area contributed by atoms with Crippen LogP contribution in [0.25, 0.3) is 0 Å². The number of carbonyl (C=O) groups is 3. The molecule has 1 heterocycles. The number of ether oxygens (including phenoxy) is 1. The number of nitrogens with one attached hydrogen (secondary N) is 2. The minimum Gasteiger partial charge on any atom is -0.469 e. The van der Waals surface area contributed by atoms with E-state index in [1.807, 2.05) is 20.8 Å². The number of likely N-dealkylation sites (tertiary alicyclic amines) is 1. The number of nitrogens with zero attached hydrogens (tertiary/aromatic N) is 1. The number of amides is 2. The van der Waals surface area contributed by atoms with Gasteiger partial charge in [-0.2, -0.15) is 13.2 Å². The summed E-state index contributed by atoms with van der Waals surface area (Å²) in [7, 11) is 1.32. The molecular formula is C24H32F3N3O4. The molecule has 0 aromatic heterocycles. The van der Waals surface area contributed by atoms with Crippen molar-refractivity contribution >= 4 is 17.8 Å².